The molecule has 0 bridgehead atoms. The minimum absolute atomic E-state index is 0.203. The van der Waals surface area contributed by atoms with Crippen molar-refractivity contribution in [3.63, 3.8) is 0 Å². The number of nitrogen functional groups attached to an aromatic ring is 1. The summed E-state index contributed by atoms with van der Waals surface area (Å²) in [6, 6.07) is 4.90. The molecule has 0 heterocycles. The highest BCUT2D eigenvalue weighted by atomic mass is 32.2. The van der Waals surface area contributed by atoms with Crippen LogP contribution in [0.15, 0.2) is 35.2 Å². The molecule has 0 saturated heterocycles. The van der Waals surface area contributed by atoms with E-state index in [4.69, 9.17) is 5.73 Å². The Morgan fingerprint density at radius 2 is 2.29 bits per heavy atom. The summed E-state index contributed by atoms with van der Waals surface area (Å²) in [5.74, 6) is 0.587. The van der Waals surface area contributed by atoms with Crippen molar-refractivity contribution >= 4 is 17.4 Å². The van der Waals surface area contributed by atoms with Crippen molar-refractivity contribution in [2.75, 3.05) is 11.5 Å². The maximum atomic E-state index is 13.0. The topological polar surface area (TPSA) is 26.0 Å². The summed E-state index contributed by atoms with van der Waals surface area (Å²) in [5, 5.41) is 0. The molecular weight excluding hydrogens is 197 g/mol. The number of hydrogen-bond acceptors (Lipinski definition) is 2. The summed E-state index contributed by atoms with van der Waals surface area (Å²) in [5.41, 5.74) is 6.72. The van der Waals surface area contributed by atoms with Gasteiger partial charge in [-0.1, -0.05) is 5.57 Å². The zero-order chi connectivity index (χ0) is 10.6. The van der Waals surface area contributed by atoms with E-state index >= 15 is 0 Å². The first-order valence-corrected chi connectivity index (χ1v) is 5.40. The molecule has 2 N–H and O–H groups in total. The standard InChI is InChI=1S/C11H14FNS/c1-8(2)5-6-14-9-3-4-11(13)10(12)7-9/h3-4,7H,1,5-6,13H2,2H3. The highest BCUT2D eigenvalue weighted by Crippen LogP contribution is 2.23. The van der Waals surface area contributed by atoms with Crippen LogP contribution in [0.5, 0.6) is 0 Å². The number of rotatable bonds is 4. The third-order valence-corrected chi connectivity index (χ3v) is 2.76. The molecule has 0 aliphatic rings. The molecule has 1 rings (SSSR count). The lowest BCUT2D eigenvalue weighted by Crippen LogP contribution is -1.90. The number of hydrogen-bond donors (Lipinski definition) is 1. The maximum absolute atomic E-state index is 13.0. The van der Waals surface area contributed by atoms with Crippen molar-refractivity contribution in [3.8, 4) is 0 Å². The molecule has 1 aromatic rings. The zero-order valence-corrected chi connectivity index (χ0v) is 9.03. The van der Waals surface area contributed by atoms with Gasteiger partial charge in [-0.25, -0.2) is 4.39 Å². The van der Waals surface area contributed by atoms with Crippen LogP contribution < -0.4 is 5.73 Å². The molecule has 76 valence electrons. The third-order valence-electron chi connectivity index (χ3n) is 1.77. The van der Waals surface area contributed by atoms with Gasteiger partial charge in [0.05, 0.1) is 5.69 Å². The minimum atomic E-state index is -0.342. The first-order valence-electron chi connectivity index (χ1n) is 4.42. The van der Waals surface area contributed by atoms with Gasteiger partial charge in [0.25, 0.3) is 0 Å². The third kappa shape index (κ3) is 3.42. The van der Waals surface area contributed by atoms with Crippen molar-refractivity contribution in [1.82, 2.24) is 0 Å². The number of halogens is 1. The molecule has 0 aromatic heterocycles. The van der Waals surface area contributed by atoms with E-state index in [1.165, 1.54) is 6.07 Å². The summed E-state index contributed by atoms with van der Waals surface area (Å²) < 4.78 is 13.0. The summed E-state index contributed by atoms with van der Waals surface area (Å²) >= 11 is 1.62. The molecule has 1 aromatic carbocycles. The largest absolute Gasteiger partial charge is 0.396 e. The summed E-state index contributed by atoms with van der Waals surface area (Å²) in [4.78, 5) is 0.915. The second-order valence-electron chi connectivity index (χ2n) is 3.24. The van der Waals surface area contributed by atoms with Crippen molar-refractivity contribution in [3.05, 3.63) is 36.2 Å². The first kappa shape index (κ1) is 11.1. The van der Waals surface area contributed by atoms with Gasteiger partial charge in [0.15, 0.2) is 0 Å². The van der Waals surface area contributed by atoms with Gasteiger partial charge in [0, 0.05) is 10.6 Å². The fourth-order valence-electron chi connectivity index (χ4n) is 0.941. The van der Waals surface area contributed by atoms with Gasteiger partial charge in [-0.3, -0.25) is 0 Å². The van der Waals surface area contributed by atoms with Crippen LogP contribution in [-0.2, 0) is 0 Å². The number of thioether (sulfide) groups is 1. The van der Waals surface area contributed by atoms with Crippen LogP contribution in [0.1, 0.15) is 13.3 Å². The lowest BCUT2D eigenvalue weighted by Gasteiger charge is -2.02. The molecule has 0 aliphatic heterocycles. The first-order chi connectivity index (χ1) is 6.59. The Bertz CT molecular complexity index is 336. The van der Waals surface area contributed by atoms with Crippen molar-refractivity contribution in [2.24, 2.45) is 0 Å². The molecule has 14 heavy (non-hydrogen) atoms. The highest BCUT2D eigenvalue weighted by Gasteiger charge is 2.00. The van der Waals surface area contributed by atoms with E-state index in [-0.39, 0.29) is 11.5 Å². The Morgan fingerprint density at radius 3 is 2.86 bits per heavy atom. The Kier molecular flexibility index (Phi) is 4.01. The van der Waals surface area contributed by atoms with Crippen molar-refractivity contribution < 1.29 is 4.39 Å². The second kappa shape index (κ2) is 5.05. The number of nitrogens with two attached hydrogens (primary N) is 1. The molecule has 0 radical (unpaired) electrons. The fraction of sp³-hybridized carbons (Fsp3) is 0.273. The normalized spacial score (nSPS) is 10.1. The van der Waals surface area contributed by atoms with E-state index < -0.39 is 0 Å². The van der Waals surface area contributed by atoms with Crippen molar-refractivity contribution in [1.29, 1.82) is 0 Å². The Labute approximate surface area is 88.2 Å². The molecule has 0 unspecified atom stereocenters. The molecular formula is C11H14FNS. The van der Waals surface area contributed by atoms with Crippen LogP contribution in [0.4, 0.5) is 10.1 Å². The van der Waals surface area contributed by atoms with Gasteiger partial charge in [-0.05, 0) is 31.5 Å². The van der Waals surface area contributed by atoms with Gasteiger partial charge in [0.2, 0.25) is 0 Å². The van der Waals surface area contributed by atoms with E-state index in [9.17, 15) is 4.39 Å². The van der Waals surface area contributed by atoms with Gasteiger partial charge in [-0.15, -0.1) is 18.3 Å². The molecule has 0 aliphatic carbocycles. The number of benzene rings is 1. The average molecular weight is 211 g/mol. The van der Waals surface area contributed by atoms with E-state index in [0.717, 1.165) is 22.6 Å². The van der Waals surface area contributed by atoms with E-state index in [1.54, 1.807) is 17.8 Å². The molecule has 0 amide bonds. The summed E-state index contributed by atoms with van der Waals surface area (Å²) in [7, 11) is 0. The Balaban J connectivity index is 2.51. The minimum Gasteiger partial charge on any atom is -0.396 e. The molecule has 0 atom stereocenters. The zero-order valence-electron chi connectivity index (χ0n) is 8.22. The van der Waals surface area contributed by atoms with Gasteiger partial charge in [0.1, 0.15) is 5.82 Å². The molecule has 0 spiro atoms. The summed E-state index contributed by atoms with van der Waals surface area (Å²) in [6.45, 7) is 5.80. The van der Waals surface area contributed by atoms with Crippen LogP contribution in [0.2, 0.25) is 0 Å². The van der Waals surface area contributed by atoms with E-state index in [0.29, 0.717) is 0 Å². The lowest BCUT2D eigenvalue weighted by atomic mass is 10.3. The lowest BCUT2D eigenvalue weighted by molar-refractivity contribution is 0.629. The van der Waals surface area contributed by atoms with Crippen LogP contribution in [-0.4, -0.2) is 5.75 Å². The smallest absolute Gasteiger partial charge is 0.147 e. The Morgan fingerprint density at radius 1 is 1.57 bits per heavy atom. The van der Waals surface area contributed by atoms with Crippen LogP contribution in [0, 0.1) is 5.82 Å². The summed E-state index contributed by atoms with van der Waals surface area (Å²) in [6.07, 6.45) is 0.955. The van der Waals surface area contributed by atoms with Gasteiger partial charge < -0.3 is 5.73 Å². The SMILES string of the molecule is C=C(C)CCSc1ccc(N)c(F)c1. The van der Waals surface area contributed by atoms with Crippen LogP contribution in [0.25, 0.3) is 0 Å². The van der Waals surface area contributed by atoms with E-state index in [1.807, 2.05) is 13.0 Å². The predicted molar refractivity (Wildman–Crippen MR) is 61.0 cm³/mol. The molecule has 0 fully saturated rings. The predicted octanol–water partition coefficient (Wildman–Crippen LogP) is 3.47. The van der Waals surface area contributed by atoms with Gasteiger partial charge >= 0.3 is 0 Å². The van der Waals surface area contributed by atoms with Crippen molar-refractivity contribution in [2.45, 2.75) is 18.2 Å². The number of allylic oxidation sites excluding steroid dienone is 1. The molecule has 1 nitrogen and oxygen atoms in total. The molecule has 3 heteroatoms. The Hall–Kier alpha value is -0.960. The average Bonchev–Trinajstić information content (AvgIpc) is 2.10. The van der Waals surface area contributed by atoms with Crippen LogP contribution in [0.3, 0.4) is 0 Å². The van der Waals surface area contributed by atoms with Gasteiger partial charge in [-0.2, -0.15) is 0 Å². The second-order valence-corrected chi connectivity index (χ2v) is 4.41. The number of anilines is 1. The quantitative estimate of drug-likeness (QED) is 0.469. The van der Waals surface area contributed by atoms with Crippen LogP contribution >= 0.6 is 11.8 Å². The van der Waals surface area contributed by atoms with E-state index in [2.05, 4.69) is 6.58 Å². The monoisotopic (exact) mass is 211 g/mol. The highest BCUT2D eigenvalue weighted by molar-refractivity contribution is 7.99. The fourth-order valence-corrected chi connectivity index (χ4v) is 1.98. The molecule has 0 saturated carbocycles. The maximum Gasteiger partial charge on any atom is 0.147 e.